The fourth-order valence-corrected chi connectivity index (χ4v) is 0.666. The van der Waals surface area contributed by atoms with Crippen LogP contribution >= 0.6 is 0 Å². The van der Waals surface area contributed by atoms with Gasteiger partial charge in [-0.3, -0.25) is 5.01 Å². The van der Waals surface area contributed by atoms with Crippen LogP contribution in [0.3, 0.4) is 0 Å². The van der Waals surface area contributed by atoms with E-state index in [-0.39, 0.29) is 0 Å². The second-order valence-corrected chi connectivity index (χ2v) is 1.92. The number of rotatable bonds is 1. The molecule has 0 aliphatic carbocycles. The van der Waals surface area contributed by atoms with Crippen LogP contribution in [0.25, 0.3) is 0 Å². The summed E-state index contributed by atoms with van der Waals surface area (Å²) < 4.78 is 0. The average Bonchev–Trinajstić information content (AvgIpc) is 2.14. The van der Waals surface area contributed by atoms with E-state index < -0.39 is 0 Å². The summed E-state index contributed by atoms with van der Waals surface area (Å²) in [6, 6.07) is 0. The van der Waals surface area contributed by atoms with E-state index in [1.807, 2.05) is 5.01 Å². The van der Waals surface area contributed by atoms with E-state index in [1.54, 1.807) is 0 Å². The lowest BCUT2D eigenvalue weighted by Gasteiger charge is -2.08. The van der Waals surface area contributed by atoms with Gasteiger partial charge in [0.15, 0.2) is 0 Å². The Morgan fingerprint density at radius 1 is 1.88 bits per heavy atom. The van der Waals surface area contributed by atoms with Gasteiger partial charge in [0.05, 0.1) is 12.8 Å². The van der Waals surface area contributed by atoms with Crippen molar-refractivity contribution in [1.82, 2.24) is 5.01 Å². The molecular weight excluding hydrogens is 100 g/mol. The quantitative estimate of drug-likeness (QED) is 0.491. The summed E-state index contributed by atoms with van der Waals surface area (Å²) in [6.45, 7) is 7.15. The van der Waals surface area contributed by atoms with Gasteiger partial charge in [-0.05, 0) is 6.92 Å². The lowest BCUT2D eigenvalue weighted by molar-refractivity contribution is 0.379. The molecule has 2 heteroatoms. The Hall–Kier alpha value is -0.530. The van der Waals surface area contributed by atoms with Crippen LogP contribution in [-0.2, 0) is 0 Å². The lowest BCUT2D eigenvalue weighted by atomic mass is 10.2. The first-order valence-corrected chi connectivity index (χ1v) is 2.90. The minimum atomic E-state index is 0.412. The number of hydrogen-bond acceptors (Lipinski definition) is 2. The van der Waals surface area contributed by atoms with Crippen LogP contribution in [0.2, 0.25) is 0 Å². The summed E-state index contributed by atoms with van der Waals surface area (Å²) in [5.41, 5.74) is 0. The summed E-state index contributed by atoms with van der Waals surface area (Å²) in [5.74, 6) is 0.412. The van der Waals surface area contributed by atoms with E-state index in [2.05, 4.69) is 31.7 Å². The molecule has 0 aromatic heterocycles. The van der Waals surface area contributed by atoms with Gasteiger partial charge in [0.25, 0.3) is 0 Å². The van der Waals surface area contributed by atoms with Gasteiger partial charge >= 0.3 is 0 Å². The molecule has 1 aliphatic heterocycles. The minimum absolute atomic E-state index is 0.412. The standard InChI is InChI=1S/C6H10N2/c1-3-8-5-6(2)4-7-8/h5-6H,3H2,1-2H3. The van der Waals surface area contributed by atoms with E-state index in [4.69, 9.17) is 0 Å². The van der Waals surface area contributed by atoms with E-state index in [0.717, 1.165) is 6.54 Å². The molecule has 0 N–H and O–H groups in total. The van der Waals surface area contributed by atoms with Crippen molar-refractivity contribution in [3.8, 4) is 0 Å². The number of hydrogen-bond donors (Lipinski definition) is 0. The molecule has 1 aliphatic rings. The first-order chi connectivity index (χ1) is 3.83. The second kappa shape index (κ2) is 2.16. The van der Waals surface area contributed by atoms with Crippen molar-refractivity contribution in [2.45, 2.75) is 13.8 Å². The molecule has 2 radical (unpaired) electrons. The molecule has 0 saturated carbocycles. The molecule has 0 spiro atoms. The molecular formula is C6H10N2. The Morgan fingerprint density at radius 3 is 2.88 bits per heavy atom. The third kappa shape index (κ3) is 0.997. The van der Waals surface area contributed by atoms with Gasteiger partial charge in [-0.25, -0.2) is 0 Å². The van der Waals surface area contributed by atoms with Crippen LogP contribution in [0.15, 0.2) is 5.10 Å². The first kappa shape index (κ1) is 5.60. The van der Waals surface area contributed by atoms with Crippen LogP contribution in [0.5, 0.6) is 0 Å². The molecule has 44 valence electrons. The maximum Gasteiger partial charge on any atom is 0.0891 e. The van der Waals surface area contributed by atoms with Gasteiger partial charge < -0.3 is 0 Å². The Morgan fingerprint density at radius 2 is 2.62 bits per heavy atom. The van der Waals surface area contributed by atoms with Gasteiger partial charge in [-0.15, -0.1) is 0 Å². The summed E-state index contributed by atoms with van der Waals surface area (Å²) >= 11 is 0. The minimum Gasteiger partial charge on any atom is -0.291 e. The maximum atomic E-state index is 3.96. The molecule has 1 atom stereocenters. The third-order valence-electron chi connectivity index (χ3n) is 1.11. The number of nitrogens with zero attached hydrogens (tertiary/aromatic N) is 2. The monoisotopic (exact) mass is 110 g/mol. The van der Waals surface area contributed by atoms with Crippen LogP contribution in [0, 0.1) is 12.5 Å². The van der Waals surface area contributed by atoms with E-state index in [9.17, 15) is 0 Å². The highest BCUT2D eigenvalue weighted by Gasteiger charge is 2.11. The topological polar surface area (TPSA) is 15.6 Å². The predicted molar refractivity (Wildman–Crippen MR) is 33.3 cm³/mol. The Kier molecular flexibility index (Phi) is 1.51. The van der Waals surface area contributed by atoms with E-state index in [1.165, 1.54) is 0 Å². The van der Waals surface area contributed by atoms with Gasteiger partial charge in [0, 0.05) is 12.5 Å². The highest BCUT2D eigenvalue weighted by atomic mass is 15.5. The highest BCUT2D eigenvalue weighted by molar-refractivity contribution is 5.63. The maximum absolute atomic E-state index is 3.96. The van der Waals surface area contributed by atoms with Gasteiger partial charge in [0.2, 0.25) is 0 Å². The van der Waals surface area contributed by atoms with Crippen LogP contribution in [-0.4, -0.2) is 17.8 Å². The fraction of sp³-hybridized carbons (Fsp3) is 0.667. The molecule has 2 nitrogen and oxygen atoms in total. The zero-order valence-electron chi connectivity index (χ0n) is 5.26. The molecule has 1 unspecified atom stereocenters. The third-order valence-corrected chi connectivity index (χ3v) is 1.11. The normalized spacial score (nSPS) is 27.2. The second-order valence-electron chi connectivity index (χ2n) is 1.92. The van der Waals surface area contributed by atoms with E-state index in [0.29, 0.717) is 5.92 Å². The Balaban J connectivity index is 2.34. The summed E-state index contributed by atoms with van der Waals surface area (Å²) in [7, 11) is 0. The fourth-order valence-electron chi connectivity index (χ4n) is 0.666. The van der Waals surface area contributed by atoms with Crippen molar-refractivity contribution in [2.24, 2.45) is 11.0 Å². The first-order valence-electron chi connectivity index (χ1n) is 2.90. The SMILES string of the molecule is CCN1[CH]C(C)[C]=N1. The zero-order chi connectivity index (χ0) is 5.98. The summed E-state index contributed by atoms with van der Waals surface area (Å²) in [4.78, 5) is 0. The lowest BCUT2D eigenvalue weighted by Crippen LogP contribution is -2.09. The Bertz CT molecular complexity index is 98.7. The largest absolute Gasteiger partial charge is 0.291 e. The summed E-state index contributed by atoms with van der Waals surface area (Å²) in [5, 5.41) is 5.86. The zero-order valence-corrected chi connectivity index (χ0v) is 5.26. The molecule has 0 aromatic rings. The molecule has 1 heterocycles. The van der Waals surface area contributed by atoms with Crippen molar-refractivity contribution in [2.75, 3.05) is 6.54 Å². The van der Waals surface area contributed by atoms with Crippen molar-refractivity contribution < 1.29 is 0 Å². The van der Waals surface area contributed by atoms with Gasteiger partial charge in [-0.1, -0.05) is 6.92 Å². The van der Waals surface area contributed by atoms with Gasteiger partial charge in [-0.2, -0.15) is 5.10 Å². The van der Waals surface area contributed by atoms with Crippen LogP contribution < -0.4 is 0 Å². The molecule has 0 saturated heterocycles. The van der Waals surface area contributed by atoms with Crippen molar-refractivity contribution in [1.29, 1.82) is 0 Å². The smallest absolute Gasteiger partial charge is 0.0891 e. The molecule has 1 rings (SSSR count). The highest BCUT2D eigenvalue weighted by Crippen LogP contribution is 2.09. The van der Waals surface area contributed by atoms with Crippen molar-refractivity contribution in [3.05, 3.63) is 6.54 Å². The van der Waals surface area contributed by atoms with Crippen LogP contribution in [0.4, 0.5) is 0 Å². The van der Waals surface area contributed by atoms with Crippen molar-refractivity contribution >= 4 is 6.21 Å². The Labute approximate surface area is 50.2 Å². The van der Waals surface area contributed by atoms with E-state index >= 15 is 0 Å². The number of hydrazone groups is 1. The molecule has 0 fully saturated rings. The average molecular weight is 110 g/mol. The molecule has 8 heavy (non-hydrogen) atoms. The predicted octanol–water partition coefficient (Wildman–Crippen LogP) is 0.983. The van der Waals surface area contributed by atoms with Gasteiger partial charge in [0.1, 0.15) is 0 Å². The molecule has 0 aromatic carbocycles. The van der Waals surface area contributed by atoms with Crippen LogP contribution in [0.1, 0.15) is 13.8 Å². The molecule has 0 bridgehead atoms. The van der Waals surface area contributed by atoms with Crippen molar-refractivity contribution in [3.63, 3.8) is 0 Å². The molecule has 0 amide bonds. The summed E-state index contributed by atoms with van der Waals surface area (Å²) in [6.07, 6.45) is 2.92.